The first-order valence-corrected chi connectivity index (χ1v) is 8.27. The van der Waals surface area contributed by atoms with E-state index >= 15 is 0 Å². The zero-order chi connectivity index (χ0) is 15.4. The van der Waals surface area contributed by atoms with Gasteiger partial charge in [-0.15, -0.1) is 0 Å². The van der Waals surface area contributed by atoms with Gasteiger partial charge in [0.25, 0.3) is 0 Å². The third kappa shape index (κ3) is 3.62. The van der Waals surface area contributed by atoms with Gasteiger partial charge in [0.05, 0.1) is 18.0 Å². The summed E-state index contributed by atoms with van der Waals surface area (Å²) in [6.07, 6.45) is 11.6. The first kappa shape index (κ1) is 14.9. The van der Waals surface area contributed by atoms with Gasteiger partial charge in [-0.25, -0.2) is 4.98 Å². The summed E-state index contributed by atoms with van der Waals surface area (Å²) in [5.41, 5.74) is 1.85. The number of para-hydroxylation sites is 1. The summed E-state index contributed by atoms with van der Waals surface area (Å²) in [5, 5.41) is 0. The lowest BCUT2D eigenvalue weighted by atomic mass is 9.85. The van der Waals surface area contributed by atoms with Crippen molar-refractivity contribution in [2.45, 2.75) is 51.6 Å². The van der Waals surface area contributed by atoms with Crippen LogP contribution in [0, 0.1) is 5.92 Å². The molecule has 0 spiro atoms. The van der Waals surface area contributed by atoms with Gasteiger partial charge in [0.1, 0.15) is 12.1 Å². The normalized spacial score (nSPS) is 17.3. The highest BCUT2D eigenvalue weighted by Gasteiger charge is 2.18. The summed E-state index contributed by atoms with van der Waals surface area (Å²) >= 11 is 0. The van der Waals surface area contributed by atoms with Crippen LogP contribution in [0.15, 0.2) is 36.8 Å². The molecule has 1 fully saturated rings. The fourth-order valence-corrected chi connectivity index (χ4v) is 3.41. The highest BCUT2D eigenvalue weighted by atomic mass is 16.5. The van der Waals surface area contributed by atoms with Gasteiger partial charge in [-0.3, -0.25) is 4.68 Å². The van der Waals surface area contributed by atoms with Gasteiger partial charge in [0.2, 0.25) is 0 Å². The number of hydrogen-bond acceptors (Lipinski definition) is 3. The van der Waals surface area contributed by atoms with E-state index in [1.54, 1.807) is 6.33 Å². The lowest BCUT2D eigenvalue weighted by Gasteiger charge is -2.25. The lowest BCUT2D eigenvalue weighted by Crippen LogP contribution is -2.19. The Morgan fingerprint density at radius 1 is 1.27 bits per heavy atom. The maximum atomic E-state index is 6.22. The van der Waals surface area contributed by atoms with Crippen molar-refractivity contribution in [2.24, 2.45) is 5.92 Å². The lowest BCUT2D eigenvalue weighted by molar-refractivity contribution is 0.169. The topological polar surface area (TPSA) is 53.1 Å². The molecular formula is C18H25N3O. The van der Waals surface area contributed by atoms with Gasteiger partial charge in [-0.2, -0.15) is 0 Å². The molecule has 1 unspecified atom stereocenters. The average molecular weight is 299 g/mol. The highest BCUT2D eigenvalue weighted by Crippen LogP contribution is 2.32. The van der Waals surface area contributed by atoms with E-state index in [-0.39, 0.29) is 6.10 Å². The zero-order valence-electron chi connectivity index (χ0n) is 13.2. The smallest absolute Gasteiger partial charge is 0.129 e. The minimum absolute atomic E-state index is 0.226. The first-order chi connectivity index (χ1) is 10.7. The minimum atomic E-state index is 0.226. The molecule has 4 nitrogen and oxygen atoms in total. The second kappa shape index (κ2) is 6.86. The number of hydrogen-bond donors (Lipinski definition) is 1. The van der Waals surface area contributed by atoms with Crippen molar-refractivity contribution >= 4 is 0 Å². The van der Waals surface area contributed by atoms with Gasteiger partial charge in [0.15, 0.2) is 0 Å². The summed E-state index contributed by atoms with van der Waals surface area (Å²) < 4.78 is 7.69. The Labute approximate surface area is 132 Å². The molecule has 0 amide bonds. The number of rotatable bonds is 5. The molecule has 2 N–H and O–H groups in total. The molecule has 1 heterocycles. The summed E-state index contributed by atoms with van der Waals surface area (Å²) in [6, 6.07) is 8.06. The number of nitrogen functional groups attached to an aromatic ring is 1. The van der Waals surface area contributed by atoms with E-state index in [2.05, 4.69) is 11.9 Å². The summed E-state index contributed by atoms with van der Waals surface area (Å²) in [6.45, 7) is 2.17. The summed E-state index contributed by atoms with van der Waals surface area (Å²) in [4.78, 5) is 4.33. The van der Waals surface area contributed by atoms with E-state index < -0.39 is 0 Å². The van der Waals surface area contributed by atoms with Crippen LogP contribution in [0.25, 0.3) is 11.3 Å². The standard InChI is InChI=1S/C18H25N3O/c1-14(11-15-7-3-2-4-8-15)22-18-10-6-5-9-16(18)17-12-21(19)13-20-17/h5-6,9-10,12-15H,2-4,7-8,11,19H2,1H3. The molecule has 118 valence electrons. The van der Waals surface area contributed by atoms with Crippen molar-refractivity contribution in [2.75, 3.05) is 5.84 Å². The van der Waals surface area contributed by atoms with Gasteiger partial charge in [-0.1, -0.05) is 44.2 Å². The molecule has 1 atom stereocenters. The van der Waals surface area contributed by atoms with Crippen LogP contribution >= 0.6 is 0 Å². The third-order valence-electron chi connectivity index (χ3n) is 4.48. The molecule has 1 saturated carbocycles. The van der Waals surface area contributed by atoms with Crippen LogP contribution in [0.1, 0.15) is 45.4 Å². The Morgan fingerprint density at radius 2 is 2.05 bits per heavy atom. The van der Waals surface area contributed by atoms with Crippen molar-refractivity contribution in [1.29, 1.82) is 0 Å². The maximum absolute atomic E-state index is 6.22. The Balaban J connectivity index is 1.69. The molecule has 2 aromatic rings. The molecule has 1 aromatic carbocycles. The Bertz CT molecular complexity index is 602. The minimum Gasteiger partial charge on any atom is -0.490 e. The third-order valence-corrected chi connectivity index (χ3v) is 4.48. The molecule has 4 heteroatoms. The van der Waals surface area contributed by atoms with Crippen LogP contribution in [-0.4, -0.2) is 15.8 Å². The summed E-state index contributed by atoms with van der Waals surface area (Å²) in [7, 11) is 0. The van der Waals surface area contributed by atoms with E-state index in [4.69, 9.17) is 10.6 Å². The predicted molar refractivity (Wildman–Crippen MR) is 89.1 cm³/mol. The van der Waals surface area contributed by atoms with E-state index in [1.165, 1.54) is 36.8 Å². The van der Waals surface area contributed by atoms with Crippen LogP contribution in [0.3, 0.4) is 0 Å². The van der Waals surface area contributed by atoms with Crippen LogP contribution < -0.4 is 10.6 Å². The fraction of sp³-hybridized carbons (Fsp3) is 0.500. The van der Waals surface area contributed by atoms with E-state index in [1.807, 2.05) is 30.5 Å². The molecule has 0 saturated heterocycles. The number of imidazole rings is 1. The zero-order valence-corrected chi connectivity index (χ0v) is 13.2. The van der Waals surface area contributed by atoms with Crippen molar-refractivity contribution in [3.05, 3.63) is 36.8 Å². The number of benzene rings is 1. The highest BCUT2D eigenvalue weighted by molar-refractivity contribution is 5.66. The molecule has 3 rings (SSSR count). The van der Waals surface area contributed by atoms with E-state index in [0.29, 0.717) is 0 Å². The molecular weight excluding hydrogens is 274 g/mol. The monoisotopic (exact) mass is 299 g/mol. The first-order valence-electron chi connectivity index (χ1n) is 8.27. The van der Waals surface area contributed by atoms with Gasteiger partial charge < -0.3 is 10.6 Å². The second-order valence-corrected chi connectivity index (χ2v) is 6.37. The largest absolute Gasteiger partial charge is 0.490 e. The van der Waals surface area contributed by atoms with Crippen molar-refractivity contribution in [3.63, 3.8) is 0 Å². The molecule has 1 aliphatic rings. The predicted octanol–water partition coefficient (Wildman–Crippen LogP) is 4.00. The maximum Gasteiger partial charge on any atom is 0.129 e. The van der Waals surface area contributed by atoms with Crippen molar-refractivity contribution < 1.29 is 4.74 Å². The SMILES string of the molecule is CC(CC1CCCCC1)Oc1ccccc1-c1cn(N)cn1. The Kier molecular flexibility index (Phi) is 4.66. The van der Waals surface area contributed by atoms with Gasteiger partial charge in [0, 0.05) is 5.56 Å². The number of ether oxygens (including phenoxy) is 1. The molecule has 0 radical (unpaired) electrons. The summed E-state index contributed by atoms with van der Waals surface area (Å²) in [5.74, 6) is 7.42. The Hall–Kier alpha value is -1.97. The van der Waals surface area contributed by atoms with Crippen LogP contribution in [0.4, 0.5) is 0 Å². The number of nitrogens with zero attached hydrogens (tertiary/aromatic N) is 2. The fourth-order valence-electron chi connectivity index (χ4n) is 3.41. The van der Waals surface area contributed by atoms with E-state index in [0.717, 1.165) is 29.3 Å². The van der Waals surface area contributed by atoms with Crippen LogP contribution in [0.5, 0.6) is 5.75 Å². The van der Waals surface area contributed by atoms with Crippen molar-refractivity contribution in [1.82, 2.24) is 9.66 Å². The molecule has 1 aliphatic carbocycles. The molecule has 1 aromatic heterocycles. The average Bonchev–Trinajstić information content (AvgIpc) is 2.95. The second-order valence-electron chi connectivity index (χ2n) is 6.37. The molecule has 0 bridgehead atoms. The number of nitrogens with two attached hydrogens (primary N) is 1. The quantitative estimate of drug-likeness (QED) is 0.849. The molecule has 22 heavy (non-hydrogen) atoms. The van der Waals surface area contributed by atoms with Crippen molar-refractivity contribution in [3.8, 4) is 17.0 Å². The molecule has 0 aliphatic heterocycles. The van der Waals surface area contributed by atoms with E-state index in [9.17, 15) is 0 Å². The van der Waals surface area contributed by atoms with Crippen LogP contribution in [0.2, 0.25) is 0 Å². The Morgan fingerprint density at radius 3 is 2.77 bits per heavy atom. The van der Waals surface area contributed by atoms with Gasteiger partial charge in [-0.05, 0) is 31.4 Å². The number of aromatic nitrogens is 2. The van der Waals surface area contributed by atoms with Crippen LogP contribution in [-0.2, 0) is 0 Å². The van der Waals surface area contributed by atoms with Gasteiger partial charge >= 0.3 is 0 Å².